The Morgan fingerprint density at radius 3 is 2.62 bits per heavy atom. The van der Waals surface area contributed by atoms with Gasteiger partial charge in [0.1, 0.15) is 24.5 Å². The standard InChI is InChI=1S/C18H18N2O6/c1-2-7-24-15-6-4-3-5-13(15)19-18(21)12-10-16-17(26-9-8-25-16)11-14(12)20(22)23/h3-6,10-11H,2,7-9H2,1H3,(H,19,21). The minimum atomic E-state index is -0.624. The van der Waals surface area contributed by atoms with Crippen LogP contribution in [0.25, 0.3) is 0 Å². The van der Waals surface area contributed by atoms with Gasteiger partial charge < -0.3 is 19.5 Å². The predicted molar refractivity (Wildman–Crippen MR) is 94.3 cm³/mol. The summed E-state index contributed by atoms with van der Waals surface area (Å²) >= 11 is 0. The van der Waals surface area contributed by atoms with Gasteiger partial charge in [0.15, 0.2) is 11.5 Å². The molecule has 26 heavy (non-hydrogen) atoms. The number of carbonyl (C=O) groups is 1. The number of nitro benzene ring substituents is 1. The van der Waals surface area contributed by atoms with E-state index in [1.165, 1.54) is 12.1 Å². The van der Waals surface area contributed by atoms with Crippen LogP contribution in [-0.2, 0) is 0 Å². The first-order chi connectivity index (χ1) is 12.6. The zero-order valence-electron chi connectivity index (χ0n) is 14.2. The molecule has 2 aromatic rings. The summed E-state index contributed by atoms with van der Waals surface area (Å²) in [5.41, 5.74) is -0.0154. The second-order valence-electron chi connectivity index (χ2n) is 5.57. The molecule has 0 unspecified atom stereocenters. The predicted octanol–water partition coefficient (Wildman–Crippen LogP) is 3.41. The summed E-state index contributed by atoms with van der Waals surface area (Å²) in [5.74, 6) is 0.442. The second kappa shape index (κ2) is 7.73. The van der Waals surface area contributed by atoms with Gasteiger partial charge in [-0.3, -0.25) is 14.9 Å². The molecule has 0 saturated heterocycles. The third-order valence-corrected chi connectivity index (χ3v) is 3.70. The van der Waals surface area contributed by atoms with Gasteiger partial charge in [-0.15, -0.1) is 0 Å². The number of amides is 1. The Hall–Kier alpha value is -3.29. The van der Waals surface area contributed by atoms with Crippen molar-refractivity contribution in [1.29, 1.82) is 0 Å². The highest BCUT2D eigenvalue weighted by Gasteiger charge is 2.26. The largest absolute Gasteiger partial charge is 0.491 e. The average molecular weight is 358 g/mol. The Morgan fingerprint density at radius 1 is 1.23 bits per heavy atom. The molecule has 2 aromatic carbocycles. The van der Waals surface area contributed by atoms with E-state index in [9.17, 15) is 14.9 Å². The van der Waals surface area contributed by atoms with Gasteiger partial charge in [0.25, 0.3) is 11.6 Å². The molecule has 0 fully saturated rings. The fraction of sp³-hybridized carbons (Fsp3) is 0.278. The van der Waals surface area contributed by atoms with Gasteiger partial charge in [0.05, 0.1) is 23.3 Å². The lowest BCUT2D eigenvalue weighted by Gasteiger charge is -2.19. The maximum Gasteiger partial charge on any atom is 0.286 e. The number of para-hydroxylation sites is 2. The molecule has 0 radical (unpaired) electrons. The van der Waals surface area contributed by atoms with E-state index in [1.807, 2.05) is 6.92 Å². The minimum Gasteiger partial charge on any atom is -0.491 e. The van der Waals surface area contributed by atoms with Crippen molar-refractivity contribution in [3.63, 3.8) is 0 Å². The quantitative estimate of drug-likeness (QED) is 0.627. The number of nitrogens with one attached hydrogen (secondary N) is 1. The van der Waals surface area contributed by atoms with Crippen molar-refractivity contribution >= 4 is 17.3 Å². The molecule has 1 amide bonds. The van der Waals surface area contributed by atoms with Crippen molar-refractivity contribution in [1.82, 2.24) is 0 Å². The highest BCUT2D eigenvalue weighted by atomic mass is 16.6. The number of carbonyl (C=O) groups excluding carboxylic acids is 1. The molecule has 136 valence electrons. The second-order valence-corrected chi connectivity index (χ2v) is 5.57. The molecular formula is C18H18N2O6. The first-order valence-corrected chi connectivity index (χ1v) is 8.21. The molecule has 0 atom stereocenters. The van der Waals surface area contributed by atoms with Crippen LogP contribution in [0.4, 0.5) is 11.4 Å². The fourth-order valence-corrected chi connectivity index (χ4v) is 2.51. The normalized spacial score (nSPS) is 12.3. The Balaban J connectivity index is 1.92. The van der Waals surface area contributed by atoms with Gasteiger partial charge in [0.2, 0.25) is 0 Å². The van der Waals surface area contributed by atoms with Gasteiger partial charge in [-0.2, -0.15) is 0 Å². The van der Waals surface area contributed by atoms with Gasteiger partial charge in [-0.05, 0) is 18.6 Å². The van der Waals surface area contributed by atoms with Gasteiger partial charge in [-0.1, -0.05) is 19.1 Å². The zero-order valence-corrected chi connectivity index (χ0v) is 14.2. The van der Waals surface area contributed by atoms with E-state index in [0.717, 1.165) is 6.42 Å². The summed E-state index contributed by atoms with van der Waals surface area (Å²) in [6.45, 7) is 3.09. The fourth-order valence-electron chi connectivity index (χ4n) is 2.51. The lowest BCUT2D eigenvalue weighted by molar-refractivity contribution is -0.385. The van der Waals surface area contributed by atoms with Gasteiger partial charge in [0, 0.05) is 6.07 Å². The maximum absolute atomic E-state index is 12.7. The third-order valence-electron chi connectivity index (χ3n) is 3.70. The van der Waals surface area contributed by atoms with Crippen molar-refractivity contribution in [2.75, 3.05) is 25.1 Å². The smallest absolute Gasteiger partial charge is 0.286 e. The number of nitro groups is 1. The number of hydrogen-bond acceptors (Lipinski definition) is 6. The lowest BCUT2D eigenvalue weighted by Crippen LogP contribution is -2.19. The van der Waals surface area contributed by atoms with Crippen LogP contribution in [-0.4, -0.2) is 30.7 Å². The number of ether oxygens (including phenoxy) is 3. The number of rotatable bonds is 6. The highest BCUT2D eigenvalue weighted by molar-refractivity contribution is 6.08. The monoisotopic (exact) mass is 358 g/mol. The van der Waals surface area contributed by atoms with Crippen LogP contribution >= 0.6 is 0 Å². The van der Waals surface area contributed by atoms with E-state index in [0.29, 0.717) is 37.0 Å². The van der Waals surface area contributed by atoms with Crippen molar-refractivity contribution < 1.29 is 23.9 Å². The minimum absolute atomic E-state index is 0.107. The van der Waals surface area contributed by atoms with E-state index in [1.54, 1.807) is 24.3 Å². The van der Waals surface area contributed by atoms with Gasteiger partial charge in [-0.25, -0.2) is 0 Å². The van der Waals surface area contributed by atoms with E-state index in [-0.39, 0.29) is 17.0 Å². The summed E-state index contributed by atoms with van der Waals surface area (Å²) in [6, 6.07) is 9.47. The molecule has 0 saturated carbocycles. The molecule has 1 heterocycles. The maximum atomic E-state index is 12.7. The first kappa shape index (κ1) is 17.5. The van der Waals surface area contributed by atoms with Crippen molar-refractivity contribution in [3.05, 3.63) is 52.1 Å². The molecular weight excluding hydrogens is 340 g/mol. The molecule has 0 bridgehead atoms. The summed E-state index contributed by atoms with van der Waals surface area (Å²) in [4.78, 5) is 23.4. The van der Waals surface area contributed by atoms with Crippen molar-refractivity contribution in [2.24, 2.45) is 0 Å². The van der Waals surface area contributed by atoms with Crippen LogP contribution in [0.15, 0.2) is 36.4 Å². The number of anilines is 1. The van der Waals surface area contributed by atoms with E-state index >= 15 is 0 Å². The summed E-state index contributed by atoms with van der Waals surface area (Å²) in [6.07, 6.45) is 0.815. The zero-order chi connectivity index (χ0) is 18.5. The van der Waals surface area contributed by atoms with E-state index < -0.39 is 10.8 Å². The molecule has 1 aliphatic rings. The van der Waals surface area contributed by atoms with Crippen LogP contribution in [0.2, 0.25) is 0 Å². The van der Waals surface area contributed by atoms with E-state index in [2.05, 4.69) is 5.32 Å². The SMILES string of the molecule is CCCOc1ccccc1NC(=O)c1cc2c(cc1[N+](=O)[O-])OCCO2. The van der Waals surface area contributed by atoms with Gasteiger partial charge >= 0.3 is 0 Å². The van der Waals surface area contributed by atoms with Crippen LogP contribution < -0.4 is 19.5 Å². The molecule has 0 aromatic heterocycles. The molecule has 1 N–H and O–H groups in total. The average Bonchev–Trinajstić information content (AvgIpc) is 2.66. The molecule has 8 nitrogen and oxygen atoms in total. The molecule has 3 rings (SSSR count). The van der Waals surface area contributed by atoms with Crippen LogP contribution in [0.1, 0.15) is 23.7 Å². The Morgan fingerprint density at radius 2 is 1.92 bits per heavy atom. The summed E-state index contributed by atoms with van der Waals surface area (Å²) in [5, 5.41) is 14.1. The molecule has 0 spiro atoms. The lowest BCUT2D eigenvalue weighted by atomic mass is 10.1. The van der Waals surface area contributed by atoms with Crippen molar-refractivity contribution in [3.8, 4) is 17.2 Å². The number of benzene rings is 2. The molecule has 1 aliphatic heterocycles. The summed E-state index contributed by atoms with van der Waals surface area (Å²) in [7, 11) is 0. The Bertz CT molecular complexity index is 836. The molecule has 0 aliphatic carbocycles. The Labute approximate surface area is 149 Å². The summed E-state index contributed by atoms with van der Waals surface area (Å²) < 4.78 is 16.4. The van der Waals surface area contributed by atoms with Crippen molar-refractivity contribution in [2.45, 2.75) is 13.3 Å². The topological polar surface area (TPSA) is 99.9 Å². The number of nitrogens with zero attached hydrogens (tertiary/aromatic N) is 1. The third kappa shape index (κ3) is 3.69. The van der Waals surface area contributed by atoms with E-state index in [4.69, 9.17) is 14.2 Å². The number of hydrogen-bond donors (Lipinski definition) is 1. The molecule has 8 heteroatoms. The number of fused-ring (bicyclic) bond motifs is 1. The van der Waals surface area contributed by atoms with Crippen LogP contribution in [0.3, 0.4) is 0 Å². The highest BCUT2D eigenvalue weighted by Crippen LogP contribution is 2.37. The van der Waals surface area contributed by atoms with Crippen LogP contribution in [0, 0.1) is 10.1 Å². The van der Waals surface area contributed by atoms with Crippen LogP contribution in [0.5, 0.6) is 17.2 Å². The Kier molecular flexibility index (Phi) is 5.21. The first-order valence-electron chi connectivity index (χ1n) is 8.21.